The lowest BCUT2D eigenvalue weighted by molar-refractivity contribution is 0.102. The molecule has 27 heavy (non-hydrogen) atoms. The van der Waals surface area contributed by atoms with E-state index >= 15 is 0 Å². The van der Waals surface area contributed by atoms with Crippen LogP contribution in [0.2, 0.25) is 0 Å². The normalized spacial score (nSPS) is 10.6. The first kappa shape index (κ1) is 18.4. The van der Waals surface area contributed by atoms with Crippen LogP contribution in [0, 0.1) is 13.8 Å². The Morgan fingerprint density at radius 3 is 2.37 bits per heavy atom. The third-order valence-corrected chi connectivity index (χ3v) is 4.59. The van der Waals surface area contributed by atoms with Crippen molar-refractivity contribution in [2.24, 2.45) is 0 Å². The third-order valence-electron chi connectivity index (χ3n) is 4.59. The maximum absolute atomic E-state index is 12.8. The van der Waals surface area contributed by atoms with Gasteiger partial charge in [0.15, 0.2) is 0 Å². The molecule has 0 aliphatic heterocycles. The van der Waals surface area contributed by atoms with Crippen LogP contribution in [0.25, 0.3) is 5.69 Å². The number of aromatic nitrogens is 2. The zero-order valence-electron chi connectivity index (χ0n) is 15.5. The lowest BCUT2D eigenvalue weighted by Gasteiger charge is -2.10. The van der Waals surface area contributed by atoms with Crippen molar-refractivity contribution in [1.82, 2.24) is 9.55 Å². The maximum atomic E-state index is 12.8. The van der Waals surface area contributed by atoms with Gasteiger partial charge in [-0.05, 0) is 61.2 Å². The van der Waals surface area contributed by atoms with E-state index in [1.807, 2.05) is 39.0 Å². The number of rotatable bonds is 4. The van der Waals surface area contributed by atoms with Crippen LogP contribution in [0.15, 0.2) is 58.3 Å². The Kier molecular flexibility index (Phi) is 5.07. The molecular weight excluding hydrogens is 342 g/mol. The molecule has 0 unspecified atom stereocenters. The summed E-state index contributed by atoms with van der Waals surface area (Å²) in [7, 11) is 0. The predicted molar refractivity (Wildman–Crippen MR) is 106 cm³/mol. The van der Waals surface area contributed by atoms with Gasteiger partial charge in [-0.15, -0.1) is 0 Å². The SMILES string of the molecule is CCc1ccc(NC(=O)c2c[nH]c(=O)n(-c3ccc(C)c(C)c3)c2=O)cc1. The molecule has 6 nitrogen and oxygen atoms in total. The molecular formula is C21H21N3O3. The molecule has 6 heteroatoms. The van der Waals surface area contributed by atoms with E-state index in [0.29, 0.717) is 11.4 Å². The van der Waals surface area contributed by atoms with E-state index in [1.165, 1.54) is 0 Å². The second kappa shape index (κ2) is 7.45. The quantitative estimate of drug-likeness (QED) is 0.747. The van der Waals surface area contributed by atoms with Gasteiger partial charge in [0.2, 0.25) is 0 Å². The zero-order chi connectivity index (χ0) is 19.6. The second-order valence-electron chi connectivity index (χ2n) is 6.42. The Balaban J connectivity index is 1.99. The Hall–Kier alpha value is -3.41. The fraction of sp³-hybridized carbons (Fsp3) is 0.190. The molecule has 0 saturated carbocycles. The smallest absolute Gasteiger partial charge is 0.322 e. The molecule has 3 aromatic rings. The van der Waals surface area contributed by atoms with Crippen molar-refractivity contribution in [1.29, 1.82) is 0 Å². The van der Waals surface area contributed by atoms with Crippen LogP contribution in [0.3, 0.4) is 0 Å². The minimum Gasteiger partial charge on any atom is -0.322 e. The van der Waals surface area contributed by atoms with Gasteiger partial charge in [-0.2, -0.15) is 0 Å². The highest BCUT2D eigenvalue weighted by molar-refractivity contribution is 6.03. The largest absolute Gasteiger partial charge is 0.333 e. The minimum atomic E-state index is -0.662. The highest BCUT2D eigenvalue weighted by atomic mass is 16.2. The van der Waals surface area contributed by atoms with E-state index in [9.17, 15) is 14.4 Å². The Labute approximate surface area is 156 Å². The summed E-state index contributed by atoms with van der Waals surface area (Å²) < 4.78 is 0.974. The molecule has 3 rings (SSSR count). The summed E-state index contributed by atoms with van der Waals surface area (Å²) in [6.07, 6.45) is 2.05. The number of benzene rings is 2. The number of carbonyl (C=O) groups excluding carboxylic acids is 1. The Morgan fingerprint density at radius 2 is 1.74 bits per heavy atom. The molecule has 0 atom stereocenters. The van der Waals surface area contributed by atoms with Crippen LogP contribution < -0.4 is 16.6 Å². The molecule has 138 valence electrons. The first-order valence-corrected chi connectivity index (χ1v) is 8.73. The average Bonchev–Trinajstić information content (AvgIpc) is 2.65. The molecule has 0 aliphatic carbocycles. The van der Waals surface area contributed by atoms with Gasteiger partial charge in [-0.3, -0.25) is 9.59 Å². The number of nitrogens with zero attached hydrogens (tertiary/aromatic N) is 1. The van der Waals surface area contributed by atoms with E-state index in [-0.39, 0.29) is 5.56 Å². The fourth-order valence-corrected chi connectivity index (χ4v) is 2.76. The summed E-state index contributed by atoms with van der Waals surface area (Å²) in [5.74, 6) is -0.571. The maximum Gasteiger partial charge on any atom is 0.333 e. The molecule has 0 spiro atoms. The lowest BCUT2D eigenvalue weighted by atomic mass is 10.1. The van der Waals surface area contributed by atoms with Crippen molar-refractivity contribution in [2.75, 3.05) is 5.32 Å². The number of anilines is 1. The monoisotopic (exact) mass is 363 g/mol. The van der Waals surface area contributed by atoms with Gasteiger partial charge < -0.3 is 10.3 Å². The Bertz CT molecular complexity index is 1110. The highest BCUT2D eigenvalue weighted by Crippen LogP contribution is 2.13. The van der Waals surface area contributed by atoms with Crippen molar-refractivity contribution in [3.8, 4) is 5.69 Å². The van der Waals surface area contributed by atoms with Gasteiger partial charge in [0.05, 0.1) is 5.69 Å². The van der Waals surface area contributed by atoms with Crippen molar-refractivity contribution in [3.63, 3.8) is 0 Å². The first-order chi connectivity index (χ1) is 12.9. The minimum absolute atomic E-state index is 0.132. The van der Waals surface area contributed by atoms with Gasteiger partial charge in [0.1, 0.15) is 5.56 Å². The fourth-order valence-electron chi connectivity index (χ4n) is 2.76. The number of hydrogen-bond donors (Lipinski definition) is 2. The number of amides is 1. The van der Waals surface area contributed by atoms with Gasteiger partial charge in [0, 0.05) is 11.9 Å². The summed E-state index contributed by atoms with van der Waals surface area (Å²) in [4.78, 5) is 40.0. The van der Waals surface area contributed by atoms with Crippen LogP contribution in [0.4, 0.5) is 5.69 Å². The Morgan fingerprint density at radius 1 is 1.04 bits per heavy atom. The van der Waals surface area contributed by atoms with E-state index in [2.05, 4.69) is 10.3 Å². The molecule has 1 heterocycles. The van der Waals surface area contributed by atoms with Crippen molar-refractivity contribution in [3.05, 3.63) is 91.8 Å². The molecule has 0 bridgehead atoms. The lowest BCUT2D eigenvalue weighted by Crippen LogP contribution is -2.38. The summed E-state index contributed by atoms with van der Waals surface area (Å²) in [6.45, 7) is 5.89. The summed E-state index contributed by atoms with van der Waals surface area (Å²) in [5, 5.41) is 2.69. The summed E-state index contributed by atoms with van der Waals surface area (Å²) in [5.41, 5.74) is 2.77. The number of H-pyrrole nitrogens is 1. The zero-order valence-corrected chi connectivity index (χ0v) is 15.5. The van der Waals surface area contributed by atoms with E-state index < -0.39 is 17.2 Å². The van der Waals surface area contributed by atoms with Gasteiger partial charge in [0.25, 0.3) is 11.5 Å². The van der Waals surface area contributed by atoms with Gasteiger partial charge in [-0.1, -0.05) is 25.1 Å². The van der Waals surface area contributed by atoms with Crippen molar-refractivity contribution in [2.45, 2.75) is 27.2 Å². The number of aryl methyl sites for hydroxylation is 3. The summed E-state index contributed by atoms with van der Waals surface area (Å²) >= 11 is 0. The van der Waals surface area contributed by atoms with Crippen LogP contribution in [-0.4, -0.2) is 15.5 Å². The molecule has 0 saturated heterocycles. The third kappa shape index (κ3) is 3.74. The number of hydrogen-bond acceptors (Lipinski definition) is 3. The number of carbonyl (C=O) groups is 1. The molecule has 0 radical (unpaired) electrons. The number of nitrogens with one attached hydrogen (secondary N) is 2. The topological polar surface area (TPSA) is 84.0 Å². The van der Waals surface area contributed by atoms with Gasteiger partial charge >= 0.3 is 5.69 Å². The van der Waals surface area contributed by atoms with Crippen molar-refractivity contribution < 1.29 is 4.79 Å². The van der Waals surface area contributed by atoms with Crippen LogP contribution in [0.1, 0.15) is 34.0 Å². The molecule has 2 N–H and O–H groups in total. The average molecular weight is 363 g/mol. The summed E-state index contributed by atoms with van der Waals surface area (Å²) in [6, 6.07) is 12.7. The first-order valence-electron chi connectivity index (χ1n) is 8.73. The van der Waals surface area contributed by atoms with Crippen molar-refractivity contribution >= 4 is 11.6 Å². The second-order valence-corrected chi connectivity index (χ2v) is 6.42. The van der Waals surface area contributed by atoms with E-state index in [0.717, 1.165) is 33.9 Å². The van der Waals surface area contributed by atoms with E-state index in [1.54, 1.807) is 24.3 Å². The molecule has 0 aliphatic rings. The van der Waals surface area contributed by atoms with Crippen LogP contribution >= 0.6 is 0 Å². The molecule has 1 amide bonds. The highest BCUT2D eigenvalue weighted by Gasteiger charge is 2.16. The van der Waals surface area contributed by atoms with E-state index in [4.69, 9.17) is 0 Å². The molecule has 2 aromatic carbocycles. The standard InChI is InChI=1S/C21H21N3O3/c1-4-15-6-8-16(9-7-15)23-19(25)18-12-22-21(27)24(20(18)26)17-10-5-13(2)14(3)11-17/h5-12H,4H2,1-3H3,(H,22,27)(H,23,25). The molecule has 1 aromatic heterocycles. The number of aromatic amines is 1. The van der Waals surface area contributed by atoms with Gasteiger partial charge in [-0.25, -0.2) is 9.36 Å². The van der Waals surface area contributed by atoms with Crippen LogP contribution in [-0.2, 0) is 6.42 Å². The predicted octanol–water partition coefficient (Wildman–Crippen LogP) is 2.96. The molecule has 0 fully saturated rings. The van der Waals surface area contributed by atoms with Crippen LogP contribution in [0.5, 0.6) is 0 Å².